The third-order valence-corrected chi connectivity index (χ3v) is 5.90. The summed E-state index contributed by atoms with van der Waals surface area (Å²) in [5, 5.41) is 4.53. The molecule has 4 nitrogen and oxygen atoms in total. The molecule has 2 aromatic rings. The van der Waals surface area contributed by atoms with Crippen LogP contribution >= 0.6 is 0 Å². The summed E-state index contributed by atoms with van der Waals surface area (Å²) in [4.78, 5) is 0. The first-order valence-electron chi connectivity index (χ1n) is 9.15. The minimum atomic E-state index is -0.493. The number of rotatable bonds is 3. The maximum atomic E-state index is 6.41. The van der Waals surface area contributed by atoms with E-state index >= 15 is 0 Å². The van der Waals surface area contributed by atoms with E-state index in [4.69, 9.17) is 9.31 Å². The van der Waals surface area contributed by atoms with Gasteiger partial charge in [-0.05, 0) is 51.3 Å². The SMILES string of the molecule is CC1(C)OB(C2(n3cccn3)C=CC(c3ccccc3)=CC2)OC1(C)C. The van der Waals surface area contributed by atoms with Crippen LogP contribution in [0.5, 0.6) is 0 Å². The van der Waals surface area contributed by atoms with Crippen molar-refractivity contribution < 1.29 is 9.31 Å². The van der Waals surface area contributed by atoms with Crippen molar-refractivity contribution in [2.45, 2.75) is 50.8 Å². The molecule has 0 saturated carbocycles. The van der Waals surface area contributed by atoms with Crippen molar-refractivity contribution in [3.05, 3.63) is 72.6 Å². The van der Waals surface area contributed by atoms with Crippen molar-refractivity contribution in [2.24, 2.45) is 0 Å². The van der Waals surface area contributed by atoms with Crippen LogP contribution in [0.2, 0.25) is 0 Å². The topological polar surface area (TPSA) is 36.3 Å². The first kappa shape index (κ1) is 17.3. The van der Waals surface area contributed by atoms with E-state index in [9.17, 15) is 0 Å². The Kier molecular flexibility index (Phi) is 3.97. The van der Waals surface area contributed by atoms with Gasteiger partial charge in [0.2, 0.25) is 0 Å². The van der Waals surface area contributed by atoms with Crippen LogP contribution in [-0.4, -0.2) is 28.1 Å². The fraction of sp³-hybridized carbons (Fsp3) is 0.381. The van der Waals surface area contributed by atoms with E-state index in [0.717, 1.165) is 6.42 Å². The Morgan fingerprint density at radius 3 is 2.23 bits per heavy atom. The maximum Gasteiger partial charge on any atom is 0.492 e. The Morgan fingerprint density at radius 2 is 1.69 bits per heavy atom. The Labute approximate surface area is 155 Å². The lowest BCUT2D eigenvalue weighted by Gasteiger charge is -2.34. The van der Waals surface area contributed by atoms with Crippen molar-refractivity contribution in [1.29, 1.82) is 0 Å². The molecule has 1 aromatic heterocycles. The lowest BCUT2D eigenvalue weighted by molar-refractivity contribution is 0.00578. The van der Waals surface area contributed by atoms with Gasteiger partial charge in [0, 0.05) is 12.4 Å². The minimum Gasteiger partial charge on any atom is -0.401 e. The van der Waals surface area contributed by atoms with E-state index in [2.05, 4.69) is 75.3 Å². The summed E-state index contributed by atoms with van der Waals surface area (Å²) in [6.45, 7) is 8.34. The van der Waals surface area contributed by atoms with Crippen molar-refractivity contribution in [2.75, 3.05) is 0 Å². The van der Waals surface area contributed by atoms with Crippen molar-refractivity contribution in [1.82, 2.24) is 9.78 Å². The van der Waals surface area contributed by atoms with E-state index in [0.29, 0.717) is 0 Å². The third kappa shape index (κ3) is 2.66. The highest BCUT2D eigenvalue weighted by Gasteiger charge is 2.60. The Hall–Kier alpha value is -2.11. The fourth-order valence-corrected chi connectivity index (χ4v) is 3.50. The Balaban J connectivity index is 1.71. The summed E-state index contributed by atoms with van der Waals surface area (Å²) in [7, 11) is -0.405. The van der Waals surface area contributed by atoms with E-state index in [-0.39, 0.29) is 11.2 Å². The van der Waals surface area contributed by atoms with Gasteiger partial charge in [-0.1, -0.05) is 48.6 Å². The second kappa shape index (κ2) is 5.97. The van der Waals surface area contributed by atoms with Crippen LogP contribution in [0.15, 0.2) is 67.0 Å². The monoisotopic (exact) mass is 348 g/mol. The molecule has 1 aliphatic carbocycles. The molecule has 1 unspecified atom stereocenters. The molecule has 1 aromatic carbocycles. The van der Waals surface area contributed by atoms with Gasteiger partial charge in [-0.25, -0.2) is 0 Å². The smallest absolute Gasteiger partial charge is 0.401 e. The van der Waals surface area contributed by atoms with Crippen LogP contribution in [-0.2, 0) is 14.7 Å². The summed E-state index contributed by atoms with van der Waals surface area (Å²) in [6, 6.07) is 12.4. The van der Waals surface area contributed by atoms with Crippen LogP contribution in [0.4, 0.5) is 0 Å². The lowest BCUT2D eigenvalue weighted by atomic mass is 9.60. The van der Waals surface area contributed by atoms with Gasteiger partial charge in [-0.2, -0.15) is 5.10 Å². The van der Waals surface area contributed by atoms with Gasteiger partial charge in [0.05, 0.1) is 11.2 Å². The van der Waals surface area contributed by atoms with Crippen molar-refractivity contribution in [3.63, 3.8) is 0 Å². The minimum absolute atomic E-state index is 0.380. The predicted octanol–water partition coefficient (Wildman–Crippen LogP) is 4.25. The summed E-state index contributed by atoms with van der Waals surface area (Å²) in [5.41, 5.74) is 1.17. The molecule has 1 saturated heterocycles. The summed E-state index contributed by atoms with van der Waals surface area (Å²) in [6.07, 6.45) is 11.1. The number of hydrogen-bond donors (Lipinski definition) is 0. The first-order chi connectivity index (χ1) is 12.3. The number of hydrogen-bond acceptors (Lipinski definition) is 3. The van der Waals surface area contributed by atoms with Crippen LogP contribution in [0, 0.1) is 0 Å². The Bertz CT molecular complexity index is 824. The molecule has 0 bridgehead atoms. The van der Waals surface area contributed by atoms with Crippen molar-refractivity contribution in [3.8, 4) is 0 Å². The van der Waals surface area contributed by atoms with Crippen LogP contribution in [0.25, 0.3) is 5.57 Å². The van der Waals surface area contributed by atoms with Gasteiger partial charge in [0.25, 0.3) is 0 Å². The molecule has 0 radical (unpaired) electrons. The second-order valence-electron chi connectivity index (χ2n) is 8.09. The highest BCUT2D eigenvalue weighted by molar-refractivity contribution is 6.49. The first-order valence-corrected chi connectivity index (χ1v) is 9.15. The molecule has 0 amide bonds. The standard InChI is InChI=1S/C21H25BN2O2/c1-19(2)20(3,4)26-22(25-19)21(24-16-8-15-23-24)13-11-18(12-14-21)17-9-6-5-7-10-17/h5-13,15-16H,14H2,1-4H3. The van der Waals surface area contributed by atoms with E-state index in [1.807, 2.05) is 23.0 Å². The van der Waals surface area contributed by atoms with Gasteiger partial charge in [0.1, 0.15) is 5.44 Å². The van der Waals surface area contributed by atoms with Gasteiger partial charge < -0.3 is 9.31 Å². The average Bonchev–Trinajstić information content (AvgIpc) is 3.23. The molecule has 5 heteroatoms. The Morgan fingerprint density at radius 1 is 1.00 bits per heavy atom. The van der Waals surface area contributed by atoms with Crippen LogP contribution < -0.4 is 0 Å². The molecular weight excluding hydrogens is 323 g/mol. The largest absolute Gasteiger partial charge is 0.492 e. The van der Waals surface area contributed by atoms with Crippen molar-refractivity contribution >= 4 is 12.7 Å². The summed E-state index contributed by atoms with van der Waals surface area (Å²) >= 11 is 0. The quantitative estimate of drug-likeness (QED) is 0.778. The number of aromatic nitrogens is 2. The van der Waals surface area contributed by atoms with Gasteiger partial charge in [0.15, 0.2) is 0 Å². The van der Waals surface area contributed by atoms with E-state index in [1.165, 1.54) is 11.1 Å². The summed E-state index contributed by atoms with van der Waals surface area (Å²) < 4.78 is 14.8. The maximum absolute atomic E-state index is 6.41. The number of benzene rings is 1. The molecule has 1 fully saturated rings. The zero-order valence-corrected chi connectivity index (χ0v) is 15.8. The number of nitrogens with zero attached hydrogens (tertiary/aromatic N) is 2. The molecule has 26 heavy (non-hydrogen) atoms. The molecule has 0 N–H and O–H groups in total. The molecule has 2 heterocycles. The highest BCUT2D eigenvalue weighted by Crippen LogP contribution is 2.44. The fourth-order valence-electron chi connectivity index (χ4n) is 3.50. The van der Waals surface area contributed by atoms with E-state index < -0.39 is 12.6 Å². The lowest BCUT2D eigenvalue weighted by Crippen LogP contribution is -2.50. The van der Waals surface area contributed by atoms with Crippen LogP contribution in [0.1, 0.15) is 39.7 Å². The molecule has 4 rings (SSSR count). The zero-order chi connectivity index (χ0) is 18.4. The van der Waals surface area contributed by atoms with Gasteiger partial charge in [-0.15, -0.1) is 0 Å². The zero-order valence-electron chi connectivity index (χ0n) is 15.8. The molecule has 0 spiro atoms. The second-order valence-corrected chi connectivity index (χ2v) is 8.09. The molecular formula is C21H25BN2O2. The molecule has 1 aliphatic heterocycles. The average molecular weight is 348 g/mol. The molecule has 1 atom stereocenters. The normalized spacial score (nSPS) is 26.8. The number of allylic oxidation sites excluding steroid dienone is 4. The molecule has 2 aliphatic rings. The van der Waals surface area contributed by atoms with Crippen LogP contribution in [0.3, 0.4) is 0 Å². The summed E-state index contributed by atoms with van der Waals surface area (Å²) in [5.74, 6) is 0. The molecule has 134 valence electrons. The third-order valence-electron chi connectivity index (χ3n) is 5.90. The van der Waals surface area contributed by atoms with Gasteiger partial charge >= 0.3 is 7.12 Å². The van der Waals surface area contributed by atoms with Gasteiger partial charge in [-0.3, -0.25) is 4.68 Å². The van der Waals surface area contributed by atoms with E-state index in [1.54, 1.807) is 6.20 Å². The highest BCUT2D eigenvalue weighted by atomic mass is 16.7. The predicted molar refractivity (Wildman–Crippen MR) is 104 cm³/mol.